The number of carbonyl (C=O) groups is 2. The maximum Gasteiger partial charge on any atom is 0.224 e. The molecule has 0 saturated carbocycles. The number of fused-ring (bicyclic) bond motifs is 1. The summed E-state index contributed by atoms with van der Waals surface area (Å²) in [4.78, 5) is 23.3. The monoisotopic (exact) mass is 337 g/mol. The number of benzene rings is 2. The molecule has 0 unspecified atom stereocenters. The standard InChI is InChI=1S/C19H19N3O3/c1-13(23)14-7-9-16(10-8-14)25-11-3-6-18(24)21-17-5-2-4-15-12-20-22-19(15)17/h2,4-5,7-10,12H,3,6,11H2,1H3,(H,20,22)(H,21,24). The third kappa shape index (κ3) is 4.23. The molecule has 0 bridgehead atoms. The van der Waals surface area contributed by atoms with Gasteiger partial charge in [-0.2, -0.15) is 5.10 Å². The van der Waals surface area contributed by atoms with Crippen LogP contribution in [0.5, 0.6) is 5.75 Å². The number of ether oxygens (including phenoxy) is 1. The van der Waals surface area contributed by atoms with E-state index < -0.39 is 0 Å². The summed E-state index contributed by atoms with van der Waals surface area (Å²) in [6, 6.07) is 12.6. The molecular weight excluding hydrogens is 318 g/mol. The molecule has 2 N–H and O–H groups in total. The summed E-state index contributed by atoms with van der Waals surface area (Å²) in [7, 11) is 0. The second-order valence-corrected chi connectivity index (χ2v) is 5.72. The van der Waals surface area contributed by atoms with Gasteiger partial charge in [0, 0.05) is 17.4 Å². The zero-order chi connectivity index (χ0) is 17.6. The lowest BCUT2D eigenvalue weighted by Gasteiger charge is -2.08. The topological polar surface area (TPSA) is 84.1 Å². The number of ketones is 1. The summed E-state index contributed by atoms with van der Waals surface area (Å²) in [6.07, 6.45) is 2.67. The average molecular weight is 337 g/mol. The number of nitrogens with zero attached hydrogens (tertiary/aromatic N) is 1. The molecule has 0 spiro atoms. The van der Waals surface area contributed by atoms with Crippen LogP contribution in [0.4, 0.5) is 5.69 Å². The van der Waals surface area contributed by atoms with E-state index >= 15 is 0 Å². The summed E-state index contributed by atoms with van der Waals surface area (Å²) >= 11 is 0. The number of anilines is 1. The van der Waals surface area contributed by atoms with Gasteiger partial charge in [0.15, 0.2) is 5.78 Å². The van der Waals surface area contributed by atoms with Crippen LogP contribution in [0.25, 0.3) is 10.9 Å². The van der Waals surface area contributed by atoms with Crippen molar-refractivity contribution in [2.75, 3.05) is 11.9 Å². The fraction of sp³-hybridized carbons (Fsp3) is 0.211. The Morgan fingerprint density at radius 1 is 1.16 bits per heavy atom. The van der Waals surface area contributed by atoms with Gasteiger partial charge in [-0.3, -0.25) is 14.7 Å². The van der Waals surface area contributed by atoms with E-state index in [0.717, 1.165) is 16.6 Å². The number of Topliss-reactive ketones (excluding diaryl/α,β-unsaturated/α-hetero) is 1. The SMILES string of the molecule is CC(=O)c1ccc(OCCCC(=O)Nc2cccc3cn[nH]c23)cc1. The van der Waals surface area contributed by atoms with Crippen molar-refractivity contribution in [3.63, 3.8) is 0 Å². The van der Waals surface area contributed by atoms with Crippen molar-refractivity contribution in [1.29, 1.82) is 0 Å². The maximum absolute atomic E-state index is 12.1. The first-order valence-corrected chi connectivity index (χ1v) is 8.09. The number of nitrogens with one attached hydrogen (secondary N) is 2. The number of hydrogen-bond donors (Lipinski definition) is 2. The van der Waals surface area contributed by atoms with Gasteiger partial charge < -0.3 is 10.1 Å². The Labute approximate surface area is 145 Å². The number of carbonyl (C=O) groups excluding carboxylic acids is 2. The van der Waals surface area contributed by atoms with Crippen molar-refractivity contribution in [1.82, 2.24) is 10.2 Å². The Bertz CT molecular complexity index is 884. The van der Waals surface area contributed by atoms with Crippen LogP contribution in [0.15, 0.2) is 48.7 Å². The van der Waals surface area contributed by atoms with Crippen LogP contribution in [0, 0.1) is 0 Å². The minimum Gasteiger partial charge on any atom is -0.494 e. The van der Waals surface area contributed by atoms with Gasteiger partial charge in [-0.1, -0.05) is 12.1 Å². The van der Waals surface area contributed by atoms with Gasteiger partial charge in [-0.25, -0.2) is 0 Å². The van der Waals surface area contributed by atoms with Crippen LogP contribution in [0.1, 0.15) is 30.1 Å². The number of H-pyrrole nitrogens is 1. The second-order valence-electron chi connectivity index (χ2n) is 5.72. The highest BCUT2D eigenvalue weighted by molar-refractivity contribution is 6.00. The molecule has 3 rings (SSSR count). The van der Waals surface area contributed by atoms with E-state index in [4.69, 9.17) is 4.74 Å². The number of para-hydroxylation sites is 1. The van der Waals surface area contributed by atoms with Crippen LogP contribution >= 0.6 is 0 Å². The minimum atomic E-state index is -0.0716. The van der Waals surface area contributed by atoms with E-state index in [2.05, 4.69) is 15.5 Å². The molecule has 1 heterocycles. The van der Waals surface area contributed by atoms with E-state index in [9.17, 15) is 9.59 Å². The molecule has 6 heteroatoms. The average Bonchev–Trinajstić information content (AvgIpc) is 3.09. The van der Waals surface area contributed by atoms with Gasteiger partial charge >= 0.3 is 0 Å². The molecule has 0 saturated heterocycles. The molecule has 0 aliphatic rings. The molecule has 6 nitrogen and oxygen atoms in total. The molecule has 3 aromatic rings. The molecule has 2 aromatic carbocycles. The predicted octanol–water partition coefficient (Wildman–Crippen LogP) is 3.56. The van der Waals surface area contributed by atoms with Crippen molar-refractivity contribution in [3.05, 3.63) is 54.2 Å². The lowest BCUT2D eigenvalue weighted by molar-refractivity contribution is -0.116. The molecular formula is C19H19N3O3. The lowest BCUT2D eigenvalue weighted by atomic mass is 10.1. The third-order valence-corrected chi connectivity index (χ3v) is 3.83. The van der Waals surface area contributed by atoms with Crippen LogP contribution < -0.4 is 10.1 Å². The second kappa shape index (κ2) is 7.61. The number of aromatic amines is 1. The van der Waals surface area contributed by atoms with Crippen LogP contribution in [-0.4, -0.2) is 28.5 Å². The Hall–Kier alpha value is -3.15. The molecule has 128 valence electrons. The number of rotatable bonds is 7. The van der Waals surface area contributed by atoms with E-state index in [-0.39, 0.29) is 11.7 Å². The van der Waals surface area contributed by atoms with Gasteiger partial charge in [0.25, 0.3) is 0 Å². The zero-order valence-electron chi connectivity index (χ0n) is 13.9. The molecule has 0 aliphatic carbocycles. The first-order chi connectivity index (χ1) is 12.1. The maximum atomic E-state index is 12.1. The Kier molecular flexibility index (Phi) is 5.09. The number of aromatic nitrogens is 2. The van der Waals surface area contributed by atoms with Gasteiger partial charge in [0.2, 0.25) is 5.91 Å². The summed E-state index contributed by atoms with van der Waals surface area (Å²) in [5, 5.41) is 10.7. The van der Waals surface area contributed by atoms with Crippen LogP contribution in [0.3, 0.4) is 0 Å². The Morgan fingerprint density at radius 3 is 2.72 bits per heavy atom. The van der Waals surface area contributed by atoms with Crippen molar-refractivity contribution in [3.8, 4) is 5.75 Å². The summed E-state index contributed by atoms with van der Waals surface area (Å²) in [6.45, 7) is 1.96. The highest BCUT2D eigenvalue weighted by Gasteiger charge is 2.07. The molecule has 0 atom stereocenters. The summed E-state index contributed by atoms with van der Waals surface area (Å²) < 4.78 is 5.59. The number of hydrogen-bond acceptors (Lipinski definition) is 4. The van der Waals surface area contributed by atoms with E-state index in [0.29, 0.717) is 30.8 Å². The predicted molar refractivity (Wildman–Crippen MR) is 95.9 cm³/mol. The van der Waals surface area contributed by atoms with Crippen molar-refractivity contribution < 1.29 is 14.3 Å². The van der Waals surface area contributed by atoms with Gasteiger partial charge in [-0.05, 0) is 43.7 Å². The molecule has 0 fully saturated rings. The Morgan fingerprint density at radius 2 is 1.96 bits per heavy atom. The van der Waals surface area contributed by atoms with Gasteiger partial charge in [-0.15, -0.1) is 0 Å². The molecule has 1 aromatic heterocycles. The van der Waals surface area contributed by atoms with Crippen LogP contribution in [0.2, 0.25) is 0 Å². The van der Waals surface area contributed by atoms with Crippen molar-refractivity contribution in [2.24, 2.45) is 0 Å². The first-order valence-electron chi connectivity index (χ1n) is 8.09. The smallest absolute Gasteiger partial charge is 0.224 e. The van der Waals surface area contributed by atoms with E-state index in [1.54, 1.807) is 30.5 Å². The quantitative estimate of drug-likeness (QED) is 0.510. The molecule has 1 amide bonds. The zero-order valence-corrected chi connectivity index (χ0v) is 13.9. The highest BCUT2D eigenvalue weighted by atomic mass is 16.5. The first kappa shape index (κ1) is 16.7. The van der Waals surface area contributed by atoms with Gasteiger partial charge in [0.1, 0.15) is 5.75 Å². The van der Waals surface area contributed by atoms with E-state index in [1.807, 2.05) is 18.2 Å². The van der Waals surface area contributed by atoms with Crippen LogP contribution in [-0.2, 0) is 4.79 Å². The Balaban J connectivity index is 1.45. The largest absolute Gasteiger partial charge is 0.494 e. The number of amides is 1. The fourth-order valence-electron chi connectivity index (χ4n) is 2.49. The minimum absolute atomic E-state index is 0.0236. The molecule has 0 aliphatic heterocycles. The van der Waals surface area contributed by atoms with E-state index in [1.165, 1.54) is 6.92 Å². The fourth-order valence-corrected chi connectivity index (χ4v) is 2.49. The normalized spacial score (nSPS) is 10.6. The highest BCUT2D eigenvalue weighted by Crippen LogP contribution is 2.20. The molecule has 0 radical (unpaired) electrons. The molecule has 25 heavy (non-hydrogen) atoms. The van der Waals surface area contributed by atoms with Gasteiger partial charge in [0.05, 0.1) is 24.0 Å². The summed E-state index contributed by atoms with van der Waals surface area (Å²) in [5.74, 6) is 0.640. The third-order valence-electron chi connectivity index (χ3n) is 3.83. The lowest BCUT2D eigenvalue weighted by Crippen LogP contribution is -2.13. The van der Waals surface area contributed by atoms with Crippen molar-refractivity contribution in [2.45, 2.75) is 19.8 Å². The van der Waals surface area contributed by atoms with Crippen molar-refractivity contribution >= 4 is 28.3 Å². The summed E-state index contributed by atoms with van der Waals surface area (Å²) in [5.41, 5.74) is 2.19.